The molecule has 0 radical (unpaired) electrons. The predicted molar refractivity (Wildman–Crippen MR) is 93.1 cm³/mol. The molecule has 2 N–H and O–H groups in total. The van der Waals surface area contributed by atoms with E-state index in [9.17, 15) is 19.0 Å². The van der Waals surface area contributed by atoms with Gasteiger partial charge in [-0.15, -0.1) is 0 Å². The summed E-state index contributed by atoms with van der Waals surface area (Å²) in [6.07, 6.45) is 0.294. The molecule has 0 spiro atoms. The number of hydrogen-bond donors (Lipinski definition) is 2. The highest BCUT2D eigenvalue weighted by Crippen LogP contribution is 2.44. The summed E-state index contributed by atoms with van der Waals surface area (Å²) in [6.45, 7) is 7.78. The standard InChI is InChI=1S/C15H29N4O5P/c1-3-13(2)24-25(22,23)12-17-6-4-16-5-7-18-10-11-19(9-8-17)15(21)14(18)20/h13,16H,3-12H2,1-2H3,(H,22,23). The second kappa shape index (κ2) is 9.09. The van der Waals surface area contributed by atoms with Gasteiger partial charge in [0.05, 0.1) is 6.10 Å². The molecule has 0 saturated carbocycles. The van der Waals surface area contributed by atoms with E-state index in [1.165, 1.54) is 4.90 Å². The molecule has 2 bridgehead atoms. The first-order chi connectivity index (χ1) is 11.8. The Kier molecular flexibility index (Phi) is 7.39. The summed E-state index contributed by atoms with van der Waals surface area (Å²) < 4.78 is 17.6. The first-order valence-electron chi connectivity index (χ1n) is 8.84. The van der Waals surface area contributed by atoms with Crippen molar-refractivity contribution < 1.29 is 23.6 Å². The number of nitrogens with one attached hydrogen (secondary N) is 1. The van der Waals surface area contributed by atoms with E-state index in [0.717, 1.165) is 0 Å². The zero-order valence-corrected chi connectivity index (χ0v) is 15.9. The van der Waals surface area contributed by atoms with Crippen LogP contribution in [0.2, 0.25) is 0 Å². The van der Waals surface area contributed by atoms with Gasteiger partial charge < -0.3 is 24.5 Å². The molecule has 10 heteroatoms. The number of hydrogen-bond acceptors (Lipinski definition) is 6. The number of amides is 2. The quantitative estimate of drug-likeness (QED) is 0.494. The van der Waals surface area contributed by atoms with Crippen molar-refractivity contribution in [3.8, 4) is 0 Å². The summed E-state index contributed by atoms with van der Waals surface area (Å²) in [6, 6.07) is 0. The van der Waals surface area contributed by atoms with E-state index >= 15 is 0 Å². The van der Waals surface area contributed by atoms with Gasteiger partial charge >= 0.3 is 19.4 Å². The van der Waals surface area contributed by atoms with Crippen molar-refractivity contribution in [2.75, 3.05) is 58.6 Å². The lowest BCUT2D eigenvalue weighted by Gasteiger charge is -2.36. The van der Waals surface area contributed by atoms with Crippen molar-refractivity contribution in [3.05, 3.63) is 0 Å². The van der Waals surface area contributed by atoms with Crippen LogP contribution in [-0.2, 0) is 18.7 Å². The maximum atomic E-state index is 12.3. The van der Waals surface area contributed by atoms with Crippen LogP contribution in [0.15, 0.2) is 0 Å². The maximum absolute atomic E-state index is 12.3. The summed E-state index contributed by atoms with van der Waals surface area (Å²) in [5, 5.41) is 3.22. The normalized spacial score (nSPS) is 24.6. The van der Waals surface area contributed by atoms with Crippen molar-refractivity contribution in [2.24, 2.45) is 0 Å². The third kappa shape index (κ3) is 6.04. The van der Waals surface area contributed by atoms with Crippen LogP contribution in [-0.4, -0.2) is 96.2 Å². The van der Waals surface area contributed by atoms with Crippen molar-refractivity contribution in [1.29, 1.82) is 0 Å². The predicted octanol–water partition coefficient (Wildman–Crippen LogP) is -0.480. The summed E-state index contributed by atoms with van der Waals surface area (Å²) >= 11 is 0. The van der Waals surface area contributed by atoms with E-state index in [-0.39, 0.29) is 12.4 Å². The lowest BCUT2D eigenvalue weighted by Crippen LogP contribution is -2.57. The van der Waals surface area contributed by atoms with Crippen molar-refractivity contribution in [2.45, 2.75) is 26.4 Å². The van der Waals surface area contributed by atoms with E-state index in [0.29, 0.717) is 58.8 Å². The molecule has 3 saturated heterocycles. The molecule has 2 unspecified atom stereocenters. The van der Waals surface area contributed by atoms with Crippen molar-refractivity contribution in [1.82, 2.24) is 20.0 Å². The third-order valence-electron chi connectivity index (χ3n) is 4.54. The molecule has 0 aliphatic carbocycles. The van der Waals surface area contributed by atoms with Gasteiger partial charge in [-0.1, -0.05) is 6.92 Å². The van der Waals surface area contributed by atoms with E-state index < -0.39 is 19.4 Å². The lowest BCUT2D eigenvalue weighted by atomic mass is 10.2. The Morgan fingerprint density at radius 1 is 1.08 bits per heavy atom. The third-order valence-corrected chi connectivity index (χ3v) is 5.99. The number of piperazine rings is 1. The van der Waals surface area contributed by atoms with Gasteiger partial charge in [0.1, 0.15) is 6.29 Å². The van der Waals surface area contributed by atoms with E-state index in [2.05, 4.69) is 5.32 Å². The fourth-order valence-electron chi connectivity index (χ4n) is 2.88. The molecule has 144 valence electrons. The Bertz CT molecular complexity index is 530. The molecule has 2 atom stereocenters. The largest absolute Gasteiger partial charge is 0.342 e. The minimum absolute atomic E-state index is 0.0822. The SMILES string of the molecule is CCC(C)OP(=O)(O)CN1CCNCCN2CCN(CC1)C(=O)C2=O. The molecule has 3 aliphatic heterocycles. The highest BCUT2D eigenvalue weighted by Gasteiger charge is 2.33. The summed E-state index contributed by atoms with van der Waals surface area (Å²) in [7, 11) is -3.74. The van der Waals surface area contributed by atoms with Gasteiger partial charge in [-0.25, -0.2) is 0 Å². The topological polar surface area (TPSA) is 102 Å². The van der Waals surface area contributed by atoms with Gasteiger partial charge in [0.25, 0.3) is 0 Å². The molecule has 2 amide bonds. The Morgan fingerprint density at radius 2 is 1.64 bits per heavy atom. The van der Waals surface area contributed by atoms with Gasteiger partial charge in [-0.3, -0.25) is 19.1 Å². The van der Waals surface area contributed by atoms with E-state index in [4.69, 9.17) is 4.52 Å². The van der Waals surface area contributed by atoms with Gasteiger partial charge in [0, 0.05) is 52.4 Å². The molecule has 3 heterocycles. The molecule has 9 nitrogen and oxygen atoms in total. The summed E-state index contributed by atoms with van der Waals surface area (Å²) in [4.78, 5) is 39.3. The molecule has 0 aromatic carbocycles. The molecule has 25 heavy (non-hydrogen) atoms. The fourth-order valence-corrected chi connectivity index (χ4v) is 4.44. The average molecular weight is 376 g/mol. The first-order valence-corrected chi connectivity index (χ1v) is 10.6. The zero-order chi connectivity index (χ0) is 18.4. The number of carbonyl (C=O) groups is 2. The zero-order valence-electron chi connectivity index (χ0n) is 15.0. The number of nitrogens with zero attached hydrogens (tertiary/aromatic N) is 3. The van der Waals surface area contributed by atoms with E-state index in [1.807, 2.05) is 11.8 Å². The van der Waals surface area contributed by atoms with Gasteiger partial charge in [0.15, 0.2) is 0 Å². The van der Waals surface area contributed by atoms with Gasteiger partial charge in [-0.2, -0.15) is 0 Å². The molecule has 3 rings (SSSR count). The van der Waals surface area contributed by atoms with E-state index in [1.54, 1.807) is 11.8 Å². The smallest absolute Gasteiger partial charge is 0.331 e. The molecule has 0 aromatic rings. The van der Waals surface area contributed by atoms with Crippen LogP contribution in [0.1, 0.15) is 20.3 Å². The Balaban J connectivity index is 2.00. The van der Waals surface area contributed by atoms with Gasteiger partial charge in [-0.05, 0) is 13.3 Å². The highest BCUT2D eigenvalue weighted by atomic mass is 31.2. The monoisotopic (exact) mass is 376 g/mol. The summed E-state index contributed by atoms with van der Waals surface area (Å²) in [5.41, 5.74) is 0. The Labute approximate surface area is 148 Å². The van der Waals surface area contributed by atoms with Crippen LogP contribution >= 0.6 is 7.60 Å². The van der Waals surface area contributed by atoms with Crippen molar-refractivity contribution in [3.63, 3.8) is 0 Å². The highest BCUT2D eigenvalue weighted by molar-refractivity contribution is 7.52. The van der Waals surface area contributed by atoms with Crippen LogP contribution < -0.4 is 5.32 Å². The first kappa shape index (κ1) is 20.3. The van der Waals surface area contributed by atoms with Crippen molar-refractivity contribution >= 4 is 19.4 Å². The Hall–Kier alpha value is -0.990. The second-order valence-electron chi connectivity index (χ2n) is 6.56. The Morgan fingerprint density at radius 3 is 2.28 bits per heavy atom. The molecule has 3 aliphatic rings. The molecular weight excluding hydrogens is 347 g/mol. The second-order valence-corrected chi connectivity index (χ2v) is 8.32. The van der Waals surface area contributed by atoms with Crippen LogP contribution in [0, 0.1) is 0 Å². The maximum Gasteiger partial charge on any atom is 0.342 e. The fraction of sp³-hybridized carbons (Fsp3) is 0.867. The summed E-state index contributed by atoms with van der Waals surface area (Å²) in [5.74, 6) is -0.956. The van der Waals surface area contributed by atoms with Crippen LogP contribution in [0.3, 0.4) is 0 Å². The minimum atomic E-state index is -3.74. The lowest BCUT2D eigenvalue weighted by molar-refractivity contribution is -0.156. The van der Waals surface area contributed by atoms with Gasteiger partial charge in [0.2, 0.25) is 0 Å². The van der Waals surface area contributed by atoms with Crippen LogP contribution in [0.4, 0.5) is 0 Å². The molecule has 3 fully saturated rings. The molecule has 0 aromatic heterocycles. The number of rotatable bonds is 5. The number of carbonyl (C=O) groups excluding carboxylic acids is 2. The molecular formula is C15H29N4O5P. The number of fused-ring (bicyclic) bond motifs is 9. The van der Waals surface area contributed by atoms with Crippen LogP contribution in [0.25, 0.3) is 0 Å². The van der Waals surface area contributed by atoms with Crippen LogP contribution in [0.5, 0.6) is 0 Å². The minimum Gasteiger partial charge on any atom is -0.331 e. The average Bonchev–Trinajstić information content (AvgIpc) is 2.54.